The normalized spacial score (nSPS) is 11.1. The monoisotopic (exact) mass is 288 g/mol. The first-order valence-corrected chi connectivity index (χ1v) is 7.58. The van der Waals surface area contributed by atoms with Crippen LogP contribution in [0, 0.1) is 6.92 Å². The third kappa shape index (κ3) is 2.13. The molecule has 0 unspecified atom stereocenters. The van der Waals surface area contributed by atoms with Gasteiger partial charge >= 0.3 is 0 Å². The Bertz CT molecular complexity index is 735. The van der Waals surface area contributed by atoms with E-state index < -0.39 is 0 Å². The van der Waals surface area contributed by atoms with E-state index in [2.05, 4.69) is 17.7 Å². The Morgan fingerprint density at radius 2 is 1.95 bits per heavy atom. The number of halogens is 1. The van der Waals surface area contributed by atoms with E-state index in [0.717, 1.165) is 26.6 Å². The zero-order chi connectivity index (χ0) is 13.4. The Morgan fingerprint density at radius 1 is 1.21 bits per heavy atom. The third-order valence-electron chi connectivity index (χ3n) is 3.20. The Morgan fingerprint density at radius 3 is 2.63 bits per heavy atom. The van der Waals surface area contributed by atoms with E-state index in [1.54, 1.807) is 11.8 Å². The van der Waals surface area contributed by atoms with Gasteiger partial charge in [-0.2, -0.15) is 0 Å². The highest BCUT2D eigenvalue weighted by atomic mass is 35.5. The summed E-state index contributed by atoms with van der Waals surface area (Å²) in [7, 11) is 0. The molecule has 0 atom stereocenters. The van der Waals surface area contributed by atoms with Crippen LogP contribution in [0.4, 0.5) is 0 Å². The topological polar surface area (TPSA) is 17.8 Å². The summed E-state index contributed by atoms with van der Waals surface area (Å²) in [5.41, 5.74) is 3.32. The maximum Gasteiger partial charge on any atom is 0.121 e. The summed E-state index contributed by atoms with van der Waals surface area (Å²) in [4.78, 5) is 4.74. The molecule has 0 bridgehead atoms. The van der Waals surface area contributed by atoms with Gasteiger partial charge in [0.1, 0.15) is 5.03 Å². The van der Waals surface area contributed by atoms with Crippen molar-refractivity contribution in [1.82, 2.24) is 9.55 Å². The SMILES string of the molecule is CSc1nc2ccc(Cl)cc2c(C)c1-n1cccc1. The lowest BCUT2D eigenvalue weighted by Gasteiger charge is -2.14. The molecule has 0 N–H and O–H groups in total. The quantitative estimate of drug-likeness (QED) is 0.636. The molecule has 0 saturated heterocycles. The molecular weight excluding hydrogens is 276 g/mol. The van der Waals surface area contributed by atoms with E-state index in [9.17, 15) is 0 Å². The van der Waals surface area contributed by atoms with Gasteiger partial charge in [0, 0.05) is 22.8 Å². The maximum atomic E-state index is 6.10. The predicted molar refractivity (Wildman–Crippen MR) is 82.6 cm³/mol. The van der Waals surface area contributed by atoms with Crippen LogP contribution in [0.1, 0.15) is 5.56 Å². The van der Waals surface area contributed by atoms with Gasteiger partial charge in [-0.15, -0.1) is 11.8 Å². The number of fused-ring (bicyclic) bond motifs is 1. The van der Waals surface area contributed by atoms with Gasteiger partial charge in [0.05, 0.1) is 11.2 Å². The average Bonchev–Trinajstić information content (AvgIpc) is 2.93. The maximum absolute atomic E-state index is 6.10. The van der Waals surface area contributed by atoms with E-state index >= 15 is 0 Å². The summed E-state index contributed by atoms with van der Waals surface area (Å²) in [6, 6.07) is 9.88. The second kappa shape index (κ2) is 4.91. The van der Waals surface area contributed by atoms with Gasteiger partial charge in [-0.05, 0) is 49.1 Å². The molecule has 0 aliphatic rings. The number of thioether (sulfide) groups is 1. The second-order valence-electron chi connectivity index (χ2n) is 4.35. The molecule has 19 heavy (non-hydrogen) atoms. The fourth-order valence-electron chi connectivity index (χ4n) is 2.29. The molecule has 0 aliphatic heterocycles. The van der Waals surface area contributed by atoms with Gasteiger partial charge in [0.25, 0.3) is 0 Å². The van der Waals surface area contributed by atoms with Crippen LogP contribution in [0.3, 0.4) is 0 Å². The Hall–Kier alpha value is -1.45. The molecule has 0 spiro atoms. The highest BCUT2D eigenvalue weighted by Gasteiger charge is 2.13. The lowest BCUT2D eigenvalue weighted by molar-refractivity contribution is 0.984. The fraction of sp³-hybridized carbons (Fsp3) is 0.133. The van der Waals surface area contributed by atoms with Crippen LogP contribution in [0.2, 0.25) is 5.02 Å². The molecule has 96 valence electrons. The van der Waals surface area contributed by atoms with E-state index in [4.69, 9.17) is 16.6 Å². The van der Waals surface area contributed by atoms with Crippen molar-refractivity contribution in [3.63, 3.8) is 0 Å². The summed E-state index contributed by atoms with van der Waals surface area (Å²) in [5, 5.41) is 2.88. The van der Waals surface area contributed by atoms with Gasteiger partial charge in [-0.3, -0.25) is 0 Å². The standard InChI is InChI=1S/C15H13ClN2S/c1-10-12-9-11(16)5-6-13(12)17-15(19-2)14(10)18-7-3-4-8-18/h3-9H,1-2H3. The molecular formula is C15H13ClN2S. The second-order valence-corrected chi connectivity index (χ2v) is 5.58. The Labute approximate surface area is 121 Å². The summed E-state index contributed by atoms with van der Waals surface area (Å²) >= 11 is 7.76. The molecule has 2 heterocycles. The van der Waals surface area contributed by atoms with Gasteiger partial charge in [-0.25, -0.2) is 4.98 Å². The summed E-state index contributed by atoms with van der Waals surface area (Å²) in [5.74, 6) is 0. The van der Waals surface area contributed by atoms with E-state index in [0.29, 0.717) is 0 Å². The van der Waals surface area contributed by atoms with Crippen molar-refractivity contribution < 1.29 is 0 Å². The van der Waals surface area contributed by atoms with Crippen LogP contribution in [0.25, 0.3) is 16.6 Å². The van der Waals surface area contributed by atoms with E-state index in [-0.39, 0.29) is 0 Å². The number of rotatable bonds is 2. The smallest absolute Gasteiger partial charge is 0.121 e. The van der Waals surface area contributed by atoms with Crippen molar-refractivity contribution in [3.8, 4) is 5.69 Å². The Balaban J connectivity index is 2.39. The summed E-state index contributed by atoms with van der Waals surface area (Å²) < 4.78 is 2.11. The number of hydrogen-bond acceptors (Lipinski definition) is 2. The molecule has 2 nitrogen and oxygen atoms in total. The summed E-state index contributed by atoms with van der Waals surface area (Å²) in [6.07, 6.45) is 6.14. The van der Waals surface area contributed by atoms with Crippen LogP contribution in [-0.4, -0.2) is 15.8 Å². The minimum absolute atomic E-state index is 0.743. The molecule has 0 aliphatic carbocycles. The van der Waals surface area contributed by atoms with Gasteiger partial charge < -0.3 is 4.57 Å². The van der Waals surface area contributed by atoms with Crippen molar-refractivity contribution in [3.05, 3.63) is 53.3 Å². The van der Waals surface area contributed by atoms with Crippen LogP contribution in [0.15, 0.2) is 47.8 Å². The first kappa shape index (κ1) is 12.6. The fourth-order valence-corrected chi connectivity index (χ4v) is 3.10. The van der Waals surface area contributed by atoms with Crippen molar-refractivity contribution in [1.29, 1.82) is 0 Å². The van der Waals surface area contributed by atoms with Crippen molar-refractivity contribution in [2.24, 2.45) is 0 Å². The van der Waals surface area contributed by atoms with Crippen LogP contribution >= 0.6 is 23.4 Å². The Kier molecular flexibility index (Phi) is 3.25. The highest BCUT2D eigenvalue weighted by molar-refractivity contribution is 7.98. The molecule has 4 heteroatoms. The molecule has 0 fully saturated rings. The number of aryl methyl sites for hydroxylation is 1. The third-order valence-corrected chi connectivity index (χ3v) is 4.10. The predicted octanol–water partition coefficient (Wildman–Crippen LogP) is 4.71. The lowest BCUT2D eigenvalue weighted by atomic mass is 10.1. The highest BCUT2D eigenvalue weighted by Crippen LogP contribution is 2.32. The van der Waals surface area contributed by atoms with Crippen molar-refractivity contribution in [2.45, 2.75) is 11.9 Å². The number of benzene rings is 1. The first-order valence-electron chi connectivity index (χ1n) is 5.98. The number of aromatic nitrogens is 2. The van der Waals surface area contributed by atoms with Crippen molar-refractivity contribution >= 4 is 34.3 Å². The van der Waals surface area contributed by atoms with Crippen molar-refractivity contribution in [2.75, 3.05) is 6.26 Å². The molecule has 3 aromatic rings. The van der Waals surface area contributed by atoms with Crippen LogP contribution < -0.4 is 0 Å². The van der Waals surface area contributed by atoms with E-state index in [1.165, 1.54) is 5.56 Å². The summed E-state index contributed by atoms with van der Waals surface area (Å²) in [6.45, 7) is 2.12. The number of pyridine rings is 1. The molecule has 2 aromatic heterocycles. The minimum atomic E-state index is 0.743. The lowest BCUT2D eigenvalue weighted by Crippen LogP contribution is -2.00. The average molecular weight is 289 g/mol. The zero-order valence-electron chi connectivity index (χ0n) is 10.7. The molecule has 0 amide bonds. The number of nitrogens with zero attached hydrogens (tertiary/aromatic N) is 2. The molecule has 0 saturated carbocycles. The molecule has 0 radical (unpaired) electrons. The molecule has 3 rings (SSSR count). The zero-order valence-corrected chi connectivity index (χ0v) is 12.3. The van der Waals surface area contributed by atoms with E-state index in [1.807, 2.05) is 42.7 Å². The number of hydrogen-bond donors (Lipinski definition) is 0. The van der Waals surface area contributed by atoms with Gasteiger partial charge in [0.15, 0.2) is 0 Å². The van der Waals surface area contributed by atoms with Gasteiger partial charge in [0.2, 0.25) is 0 Å². The minimum Gasteiger partial charge on any atom is -0.321 e. The molecule has 1 aromatic carbocycles. The largest absolute Gasteiger partial charge is 0.321 e. The van der Waals surface area contributed by atoms with Crippen LogP contribution in [-0.2, 0) is 0 Å². The van der Waals surface area contributed by atoms with Crippen LogP contribution in [0.5, 0.6) is 0 Å². The first-order chi connectivity index (χ1) is 9.20. The van der Waals surface area contributed by atoms with Gasteiger partial charge in [-0.1, -0.05) is 11.6 Å².